The molecule has 0 aliphatic heterocycles. The van der Waals surface area contributed by atoms with Gasteiger partial charge in [0.2, 0.25) is 0 Å². The maximum atomic E-state index is 5.67. The first kappa shape index (κ1) is 12.4. The van der Waals surface area contributed by atoms with Crippen molar-refractivity contribution in [2.24, 2.45) is 0 Å². The van der Waals surface area contributed by atoms with Crippen LogP contribution in [0.25, 0.3) is 17.1 Å². The fourth-order valence-corrected chi connectivity index (χ4v) is 2.13. The van der Waals surface area contributed by atoms with E-state index < -0.39 is 0 Å². The topological polar surface area (TPSA) is 39.9 Å². The standard InChI is InChI=1S/C16H15N3O/c1-2-20-15-11-7-6-10-14(15)16-18-17-12-19(16)13-8-4-3-5-9-13/h3-12H,2H2,1H3. The summed E-state index contributed by atoms with van der Waals surface area (Å²) < 4.78 is 7.63. The molecule has 0 atom stereocenters. The minimum atomic E-state index is 0.622. The summed E-state index contributed by atoms with van der Waals surface area (Å²) in [7, 11) is 0. The molecule has 3 rings (SSSR count). The van der Waals surface area contributed by atoms with E-state index in [1.807, 2.05) is 66.1 Å². The van der Waals surface area contributed by atoms with Crippen LogP contribution in [0.1, 0.15) is 6.92 Å². The van der Waals surface area contributed by atoms with Crippen molar-refractivity contribution in [2.75, 3.05) is 6.61 Å². The fraction of sp³-hybridized carbons (Fsp3) is 0.125. The lowest BCUT2D eigenvalue weighted by atomic mass is 10.2. The number of aromatic nitrogens is 3. The largest absolute Gasteiger partial charge is 0.493 e. The highest BCUT2D eigenvalue weighted by Crippen LogP contribution is 2.29. The summed E-state index contributed by atoms with van der Waals surface area (Å²) in [5, 5.41) is 8.27. The normalized spacial score (nSPS) is 10.4. The van der Waals surface area contributed by atoms with Crippen molar-refractivity contribution < 1.29 is 4.74 Å². The van der Waals surface area contributed by atoms with Gasteiger partial charge in [0.1, 0.15) is 12.1 Å². The Labute approximate surface area is 117 Å². The maximum Gasteiger partial charge on any atom is 0.172 e. The van der Waals surface area contributed by atoms with E-state index in [0.717, 1.165) is 22.8 Å². The van der Waals surface area contributed by atoms with Crippen LogP contribution >= 0.6 is 0 Å². The lowest BCUT2D eigenvalue weighted by Gasteiger charge is -2.11. The van der Waals surface area contributed by atoms with E-state index in [0.29, 0.717) is 6.61 Å². The van der Waals surface area contributed by atoms with Crippen molar-refractivity contribution >= 4 is 0 Å². The lowest BCUT2D eigenvalue weighted by molar-refractivity contribution is 0.341. The first-order chi connectivity index (χ1) is 9.90. The van der Waals surface area contributed by atoms with Gasteiger partial charge in [-0.2, -0.15) is 0 Å². The summed E-state index contributed by atoms with van der Waals surface area (Å²) in [6.45, 7) is 2.59. The van der Waals surface area contributed by atoms with Crippen LogP contribution < -0.4 is 4.74 Å². The monoisotopic (exact) mass is 265 g/mol. The highest BCUT2D eigenvalue weighted by Gasteiger charge is 2.13. The zero-order chi connectivity index (χ0) is 13.8. The van der Waals surface area contributed by atoms with Crippen molar-refractivity contribution in [3.05, 3.63) is 60.9 Å². The molecule has 0 aliphatic rings. The molecule has 0 amide bonds. The van der Waals surface area contributed by atoms with Crippen molar-refractivity contribution in [3.8, 4) is 22.8 Å². The van der Waals surface area contributed by atoms with Gasteiger partial charge in [-0.15, -0.1) is 10.2 Å². The van der Waals surface area contributed by atoms with Crippen LogP contribution in [0.15, 0.2) is 60.9 Å². The maximum absolute atomic E-state index is 5.67. The van der Waals surface area contributed by atoms with Crippen LogP contribution in [0.2, 0.25) is 0 Å². The molecule has 3 aromatic rings. The Morgan fingerprint density at radius 3 is 2.55 bits per heavy atom. The smallest absolute Gasteiger partial charge is 0.172 e. The quantitative estimate of drug-likeness (QED) is 0.726. The van der Waals surface area contributed by atoms with E-state index in [4.69, 9.17) is 4.74 Å². The molecule has 0 fully saturated rings. The lowest BCUT2D eigenvalue weighted by Crippen LogP contribution is -1.99. The molecular weight excluding hydrogens is 250 g/mol. The molecule has 20 heavy (non-hydrogen) atoms. The van der Waals surface area contributed by atoms with E-state index in [2.05, 4.69) is 10.2 Å². The molecule has 0 saturated heterocycles. The molecule has 1 heterocycles. The third kappa shape index (κ3) is 2.28. The summed E-state index contributed by atoms with van der Waals surface area (Å²) in [4.78, 5) is 0. The van der Waals surface area contributed by atoms with Gasteiger partial charge >= 0.3 is 0 Å². The summed E-state index contributed by atoms with van der Waals surface area (Å²) in [6.07, 6.45) is 1.72. The van der Waals surface area contributed by atoms with Crippen molar-refractivity contribution in [2.45, 2.75) is 6.92 Å². The third-order valence-corrected chi connectivity index (χ3v) is 3.01. The predicted octanol–water partition coefficient (Wildman–Crippen LogP) is 3.33. The Bertz CT molecular complexity index is 692. The summed E-state index contributed by atoms with van der Waals surface area (Å²) >= 11 is 0. The SMILES string of the molecule is CCOc1ccccc1-c1nncn1-c1ccccc1. The fourth-order valence-electron chi connectivity index (χ4n) is 2.13. The summed E-state index contributed by atoms with van der Waals surface area (Å²) in [5.74, 6) is 1.60. The molecule has 2 aromatic carbocycles. The Morgan fingerprint density at radius 2 is 1.75 bits per heavy atom. The highest BCUT2D eigenvalue weighted by atomic mass is 16.5. The predicted molar refractivity (Wildman–Crippen MR) is 78.0 cm³/mol. The zero-order valence-electron chi connectivity index (χ0n) is 11.2. The van der Waals surface area contributed by atoms with Crippen molar-refractivity contribution in [1.82, 2.24) is 14.8 Å². The van der Waals surface area contributed by atoms with E-state index >= 15 is 0 Å². The van der Waals surface area contributed by atoms with Gasteiger partial charge in [0.05, 0.1) is 12.2 Å². The van der Waals surface area contributed by atoms with E-state index in [1.165, 1.54) is 0 Å². The second kappa shape index (κ2) is 5.57. The summed E-state index contributed by atoms with van der Waals surface area (Å²) in [6, 6.07) is 17.9. The van der Waals surface area contributed by atoms with Gasteiger partial charge in [-0.25, -0.2) is 0 Å². The van der Waals surface area contributed by atoms with Crippen LogP contribution in [-0.4, -0.2) is 21.4 Å². The van der Waals surface area contributed by atoms with E-state index in [1.54, 1.807) is 6.33 Å². The molecule has 4 nitrogen and oxygen atoms in total. The Balaban J connectivity index is 2.11. The van der Waals surface area contributed by atoms with Crippen molar-refractivity contribution in [3.63, 3.8) is 0 Å². The first-order valence-corrected chi connectivity index (χ1v) is 6.58. The molecule has 100 valence electrons. The average Bonchev–Trinajstić information content (AvgIpc) is 2.98. The minimum Gasteiger partial charge on any atom is -0.493 e. The Hall–Kier alpha value is -2.62. The molecule has 0 saturated carbocycles. The summed E-state index contributed by atoms with van der Waals surface area (Å²) in [5.41, 5.74) is 1.97. The van der Waals surface area contributed by atoms with E-state index in [9.17, 15) is 0 Å². The Morgan fingerprint density at radius 1 is 1.00 bits per heavy atom. The second-order valence-electron chi connectivity index (χ2n) is 4.29. The highest BCUT2D eigenvalue weighted by molar-refractivity contribution is 5.65. The molecule has 0 radical (unpaired) electrons. The minimum absolute atomic E-state index is 0.622. The molecule has 0 N–H and O–H groups in total. The van der Waals surface area contributed by atoms with Crippen molar-refractivity contribution in [1.29, 1.82) is 0 Å². The van der Waals surface area contributed by atoms with Gasteiger partial charge in [-0.1, -0.05) is 30.3 Å². The molecule has 4 heteroatoms. The van der Waals surface area contributed by atoms with Gasteiger partial charge in [0, 0.05) is 5.69 Å². The van der Waals surface area contributed by atoms with Crippen LogP contribution in [-0.2, 0) is 0 Å². The Kier molecular flexibility index (Phi) is 3.46. The molecular formula is C16H15N3O. The number of ether oxygens (including phenoxy) is 1. The number of rotatable bonds is 4. The molecule has 0 unspecified atom stereocenters. The number of nitrogens with zero attached hydrogens (tertiary/aromatic N) is 3. The molecule has 0 bridgehead atoms. The first-order valence-electron chi connectivity index (χ1n) is 6.58. The molecule has 0 aliphatic carbocycles. The number of para-hydroxylation sites is 2. The van der Waals surface area contributed by atoms with Gasteiger partial charge in [0.15, 0.2) is 5.82 Å². The van der Waals surface area contributed by atoms with E-state index in [-0.39, 0.29) is 0 Å². The average molecular weight is 265 g/mol. The number of benzene rings is 2. The second-order valence-corrected chi connectivity index (χ2v) is 4.29. The zero-order valence-corrected chi connectivity index (χ0v) is 11.2. The van der Waals surface area contributed by atoms with Crippen LogP contribution in [0, 0.1) is 0 Å². The van der Waals surface area contributed by atoms with Gasteiger partial charge in [-0.05, 0) is 31.2 Å². The van der Waals surface area contributed by atoms with Gasteiger partial charge in [-0.3, -0.25) is 4.57 Å². The number of hydrogen-bond donors (Lipinski definition) is 0. The third-order valence-electron chi connectivity index (χ3n) is 3.01. The van der Waals surface area contributed by atoms with Gasteiger partial charge in [0.25, 0.3) is 0 Å². The number of hydrogen-bond acceptors (Lipinski definition) is 3. The molecule has 1 aromatic heterocycles. The molecule has 0 spiro atoms. The van der Waals surface area contributed by atoms with Crippen LogP contribution in [0.3, 0.4) is 0 Å². The van der Waals surface area contributed by atoms with Crippen LogP contribution in [0.4, 0.5) is 0 Å². The van der Waals surface area contributed by atoms with Gasteiger partial charge < -0.3 is 4.74 Å². The van der Waals surface area contributed by atoms with Crippen LogP contribution in [0.5, 0.6) is 5.75 Å².